The average molecular weight is 517 g/mol. The number of piperidine rings is 1. The molecule has 0 atom stereocenters. The molecule has 1 N–H and O–H groups in total. The van der Waals surface area contributed by atoms with Gasteiger partial charge in [-0.05, 0) is 31.4 Å². The number of anilines is 1. The third kappa shape index (κ3) is 6.00. The zero-order chi connectivity index (χ0) is 25.7. The van der Waals surface area contributed by atoms with E-state index in [1.165, 1.54) is 10.6 Å². The molecule has 0 aromatic carbocycles. The van der Waals surface area contributed by atoms with Crippen LogP contribution >= 0.6 is 0 Å². The molecule has 12 heteroatoms. The van der Waals surface area contributed by atoms with Gasteiger partial charge in [-0.25, -0.2) is 27.7 Å². The average Bonchev–Trinajstić information content (AvgIpc) is 2.88. The Kier molecular flexibility index (Phi) is 8.17. The van der Waals surface area contributed by atoms with Crippen molar-refractivity contribution >= 4 is 27.0 Å². The van der Waals surface area contributed by atoms with Crippen LogP contribution in [0, 0.1) is 0 Å². The highest BCUT2D eigenvalue weighted by Gasteiger charge is 2.26. The number of nitrogens with one attached hydrogen (secondary N) is 1. The standard InChI is InChI=1S/C24H32N6O5S/c1-4-12-35-13-11-30-20-14-18(17-5-6-21(34-2)25-15-17)16-26-22(20)28-23(24(30)31)27-19-7-9-29(10-8-19)36(3,32)33/h5-6,14-16,19H,4,7-13H2,1-3H3,(H,26,27,28). The van der Waals surface area contributed by atoms with Crippen LogP contribution < -0.4 is 15.6 Å². The van der Waals surface area contributed by atoms with Crippen LogP contribution in [0.1, 0.15) is 26.2 Å². The lowest BCUT2D eigenvalue weighted by atomic mass is 10.1. The summed E-state index contributed by atoms with van der Waals surface area (Å²) in [5.41, 5.74) is 2.42. The quantitative estimate of drug-likeness (QED) is 0.403. The molecule has 0 saturated carbocycles. The molecule has 3 aromatic rings. The summed E-state index contributed by atoms with van der Waals surface area (Å²) in [7, 11) is -1.66. The zero-order valence-electron chi connectivity index (χ0n) is 20.8. The van der Waals surface area contributed by atoms with Crippen LogP contribution in [0.2, 0.25) is 0 Å². The summed E-state index contributed by atoms with van der Waals surface area (Å²) in [5.74, 6) is 0.722. The third-order valence-electron chi connectivity index (χ3n) is 6.15. The second kappa shape index (κ2) is 11.3. The fourth-order valence-corrected chi connectivity index (χ4v) is 5.07. The van der Waals surface area contributed by atoms with Crippen molar-refractivity contribution in [3.63, 3.8) is 0 Å². The maximum Gasteiger partial charge on any atom is 0.293 e. The predicted molar refractivity (Wildman–Crippen MR) is 138 cm³/mol. The Morgan fingerprint density at radius 2 is 1.86 bits per heavy atom. The Hall–Kier alpha value is -3.09. The molecule has 0 spiro atoms. The van der Waals surface area contributed by atoms with Crippen LogP contribution in [0.25, 0.3) is 22.3 Å². The van der Waals surface area contributed by atoms with E-state index in [2.05, 4.69) is 20.3 Å². The van der Waals surface area contributed by atoms with Crippen LogP contribution in [-0.2, 0) is 21.3 Å². The summed E-state index contributed by atoms with van der Waals surface area (Å²) in [6.07, 6.45) is 6.68. The highest BCUT2D eigenvalue weighted by atomic mass is 32.2. The third-order valence-corrected chi connectivity index (χ3v) is 7.46. The fourth-order valence-electron chi connectivity index (χ4n) is 4.19. The molecule has 1 aliphatic rings. The van der Waals surface area contributed by atoms with Crippen molar-refractivity contribution in [3.05, 3.63) is 40.9 Å². The maximum absolute atomic E-state index is 13.5. The van der Waals surface area contributed by atoms with Gasteiger partial charge in [0.15, 0.2) is 11.5 Å². The molecule has 1 aliphatic heterocycles. The van der Waals surface area contributed by atoms with Gasteiger partial charge < -0.3 is 14.8 Å². The number of aromatic nitrogens is 4. The van der Waals surface area contributed by atoms with Crippen LogP contribution in [0.3, 0.4) is 0 Å². The van der Waals surface area contributed by atoms with Gasteiger partial charge in [0, 0.05) is 61.9 Å². The van der Waals surface area contributed by atoms with E-state index in [4.69, 9.17) is 9.47 Å². The first-order valence-electron chi connectivity index (χ1n) is 12.0. The van der Waals surface area contributed by atoms with E-state index in [-0.39, 0.29) is 17.4 Å². The Morgan fingerprint density at radius 1 is 1.11 bits per heavy atom. The number of nitrogens with zero attached hydrogens (tertiary/aromatic N) is 5. The first-order chi connectivity index (χ1) is 17.3. The minimum atomic E-state index is -3.22. The lowest BCUT2D eigenvalue weighted by Gasteiger charge is -2.30. The van der Waals surface area contributed by atoms with Gasteiger partial charge in [0.2, 0.25) is 15.9 Å². The Balaban J connectivity index is 1.65. The van der Waals surface area contributed by atoms with E-state index in [1.54, 1.807) is 30.1 Å². The minimum absolute atomic E-state index is 0.0601. The van der Waals surface area contributed by atoms with Crippen molar-refractivity contribution in [2.24, 2.45) is 0 Å². The summed E-state index contributed by atoms with van der Waals surface area (Å²) >= 11 is 0. The smallest absolute Gasteiger partial charge is 0.293 e. The van der Waals surface area contributed by atoms with Gasteiger partial charge in [0.1, 0.15) is 0 Å². The van der Waals surface area contributed by atoms with E-state index in [0.29, 0.717) is 62.7 Å². The van der Waals surface area contributed by atoms with E-state index >= 15 is 0 Å². The molecule has 1 saturated heterocycles. The van der Waals surface area contributed by atoms with E-state index in [0.717, 1.165) is 17.5 Å². The second-order valence-electron chi connectivity index (χ2n) is 8.77. The van der Waals surface area contributed by atoms with Crippen molar-refractivity contribution in [2.45, 2.75) is 38.8 Å². The summed E-state index contributed by atoms with van der Waals surface area (Å²) in [4.78, 5) is 26.8. The second-order valence-corrected chi connectivity index (χ2v) is 10.7. The lowest BCUT2D eigenvalue weighted by Crippen LogP contribution is -2.43. The minimum Gasteiger partial charge on any atom is -0.481 e. The van der Waals surface area contributed by atoms with E-state index < -0.39 is 10.0 Å². The summed E-state index contributed by atoms with van der Waals surface area (Å²) in [6.45, 7) is 4.19. The molecule has 0 bridgehead atoms. The first kappa shape index (κ1) is 26.0. The lowest BCUT2D eigenvalue weighted by molar-refractivity contribution is 0.127. The maximum atomic E-state index is 13.5. The van der Waals surface area contributed by atoms with Gasteiger partial charge in [0.05, 0.1) is 25.5 Å². The molecule has 4 rings (SSSR count). The van der Waals surface area contributed by atoms with E-state index in [1.807, 2.05) is 19.1 Å². The van der Waals surface area contributed by atoms with Gasteiger partial charge in [-0.2, -0.15) is 0 Å². The number of rotatable bonds is 10. The highest BCUT2D eigenvalue weighted by molar-refractivity contribution is 7.88. The number of sulfonamides is 1. The molecule has 11 nitrogen and oxygen atoms in total. The fraction of sp³-hybridized carbons (Fsp3) is 0.500. The molecule has 4 heterocycles. The molecule has 0 aliphatic carbocycles. The van der Waals surface area contributed by atoms with Crippen molar-refractivity contribution in [1.29, 1.82) is 0 Å². The van der Waals surface area contributed by atoms with E-state index in [9.17, 15) is 13.2 Å². The van der Waals surface area contributed by atoms with Crippen LogP contribution in [0.15, 0.2) is 35.4 Å². The summed E-state index contributed by atoms with van der Waals surface area (Å²) < 4.78 is 37.5. The number of methoxy groups -OCH3 is 1. The molecule has 1 fully saturated rings. The summed E-state index contributed by atoms with van der Waals surface area (Å²) in [5, 5.41) is 3.24. The predicted octanol–water partition coefficient (Wildman–Crippen LogP) is 2.12. The van der Waals surface area contributed by atoms with Gasteiger partial charge >= 0.3 is 0 Å². The normalized spacial score (nSPS) is 15.3. The van der Waals surface area contributed by atoms with Gasteiger partial charge in [-0.1, -0.05) is 6.92 Å². The molecular weight excluding hydrogens is 484 g/mol. The van der Waals surface area contributed by atoms with Crippen LogP contribution in [0.5, 0.6) is 5.88 Å². The van der Waals surface area contributed by atoms with Gasteiger partial charge in [0.25, 0.3) is 5.56 Å². The van der Waals surface area contributed by atoms with Crippen molar-refractivity contribution in [2.75, 3.05) is 45.0 Å². The summed E-state index contributed by atoms with van der Waals surface area (Å²) in [6, 6.07) is 5.48. The molecule has 0 unspecified atom stereocenters. The van der Waals surface area contributed by atoms with Crippen molar-refractivity contribution in [1.82, 2.24) is 23.8 Å². The monoisotopic (exact) mass is 516 g/mol. The largest absolute Gasteiger partial charge is 0.481 e. The molecule has 194 valence electrons. The zero-order valence-corrected chi connectivity index (χ0v) is 21.6. The number of pyridine rings is 2. The number of hydrogen-bond donors (Lipinski definition) is 1. The van der Waals surface area contributed by atoms with Crippen LogP contribution in [0.4, 0.5) is 5.82 Å². The highest BCUT2D eigenvalue weighted by Crippen LogP contribution is 2.23. The van der Waals surface area contributed by atoms with Crippen molar-refractivity contribution in [3.8, 4) is 17.0 Å². The van der Waals surface area contributed by atoms with Crippen LogP contribution in [-0.4, -0.2) is 78.0 Å². The Labute approximate surface area is 210 Å². The van der Waals surface area contributed by atoms with Gasteiger partial charge in [-0.3, -0.25) is 9.36 Å². The molecular formula is C24H32N6O5S. The number of fused-ring (bicyclic) bond motifs is 1. The topological polar surface area (TPSA) is 129 Å². The Morgan fingerprint density at radius 3 is 2.50 bits per heavy atom. The molecule has 36 heavy (non-hydrogen) atoms. The van der Waals surface area contributed by atoms with Gasteiger partial charge in [-0.15, -0.1) is 0 Å². The first-order valence-corrected chi connectivity index (χ1v) is 13.9. The SMILES string of the molecule is CCCOCCn1c(=O)c(NC2CCN(S(C)(=O)=O)CC2)nc2ncc(-c3ccc(OC)nc3)cc21. The Bertz CT molecular complexity index is 1350. The number of hydrogen-bond acceptors (Lipinski definition) is 9. The molecule has 0 amide bonds. The number of ether oxygens (including phenoxy) is 2. The van der Waals surface area contributed by atoms with Crippen molar-refractivity contribution < 1.29 is 17.9 Å². The molecule has 0 radical (unpaired) electrons. The molecule has 3 aromatic heterocycles.